The average Bonchev–Trinajstić information content (AvgIpc) is 2.80. The topological polar surface area (TPSA) is 93.1 Å². The van der Waals surface area contributed by atoms with Crippen molar-refractivity contribution >= 4 is 25.8 Å². The van der Waals surface area contributed by atoms with Crippen molar-refractivity contribution in [2.75, 3.05) is 20.2 Å². The molecule has 9 heteroatoms. The molecule has 0 spiro atoms. The number of carbonyl (C=O) groups is 1. The molecule has 22 heavy (non-hydrogen) atoms. The van der Waals surface area contributed by atoms with E-state index in [1.165, 1.54) is 12.0 Å². The van der Waals surface area contributed by atoms with Crippen LogP contribution in [0.1, 0.15) is 5.56 Å². The van der Waals surface area contributed by atoms with Gasteiger partial charge in [0.1, 0.15) is 18.0 Å². The van der Waals surface area contributed by atoms with E-state index in [2.05, 4.69) is 0 Å². The summed E-state index contributed by atoms with van der Waals surface area (Å²) in [6.45, 7) is 0.415. The molecule has 1 fully saturated rings. The van der Waals surface area contributed by atoms with Crippen molar-refractivity contribution in [2.45, 2.75) is 18.0 Å². The number of nitrogens with zero attached hydrogens (tertiary/aromatic N) is 1. The molecular weight excluding hydrogens is 334 g/mol. The zero-order valence-corrected chi connectivity index (χ0v) is 13.4. The number of hydrogen-bond acceptors (Lipinski definition) is 5. The van der Waals surface area contributed by atoms with Crippen molar-refractivity contribution in [3.63, 3.8) is 0 Å². The standard InChI is InChI=1S/C13H16ClNO6S/c1-20-11-6-15(13(16)17)7-12(11)21-10-4-2-3-9(5-10)8-22(14,18)19/h2-5,11-12H,6-8H2,1H3,(H,16,17). The van der Waals surface area contributed by atoms with Crippen molar-refractivity contribution in [3.8, 4) is 5.75 Å². The molecule has 1 amide bonds. The van der Waals surface area contributed by atoms with Crippen molar-refractivity contribution in [1.29, 1.82) is 0 Å². The van der Waals surface area contributed by atoms with Crippen molar-refractivity contribution in [2.24, 2.45) is 0 Å². The summed E-state index contributed by atoms with van der Waals surface area (Å²) in [5, 5.41) is 9.02. The van der Waals surface area contributed by atoms with Crippen LogP contribution in [0.4, 0.5) is 4.79 Å². The Balaban J connectivity index is 2.10. The van der Waals surface area contributed by atoms with Crippen molar-refractivity contribution in [3.05, 3.63) is 29.8 Å². The van der Waals surface area contributed by atoms with Crippen LogP contribution in [0.3, 0.4) is 0 Å². The molecule has 0 saturated carbocycles. The van der Waals surface area contributed by atoms with E-state index in [9.17, 15) is 13.2 Å². The van der Waals surface area contributed by atoms with Crippen LogP contribution in [0.2, 0.25) is 0 Å². The highest BCUT2D eigenvalue weighted by molar-refractivity contribution is 8.13. The Kier molecular flexibility index (Phi) is 5.15. The number of likely N-dealkylation sites (tertiary alicyclic amines) is 1. The minimum absolute atomic E-state index is 0.186. The molecule has 2 unspecified atom stereocenters. The molecule has 122 valence electrons. The minimum atomic E-state index is -3.65. The van der Waals surface area contributed by atoms with Gasteiger partial charge in [-0.15, -0.1) is 0 Å². The number of carboxylic acid groups (broad SMARTS) is 1. The molecule has 1 aliphatic rings. The zero-order valence-electron chi connectivity index (χ0n) is 11.8. The second-order valence-corrected chi connectivity index (χ2v) is 7.73. The first-order valence-electron chi connectivity index (χ1n) is 6.47. The fourth-order valence-electron chi connectivity index (χ4n) is 2.32. The Morgan fingerprint density at radius 1 is 1.41 bits per heavy atom. The maximum absolute atomic E-state index is 11.1. The van der Waals surface area contributed by atoms with Gasteiger partial charge in [0.2, 0.25) is 9.05 Å². The smallest absolute Gasteiger partial charge is 0.407 e. The molecule has 1 aliphatic heterocycles. The van der Waals surface area contributed by atoms with Crippen LogP contribution in [0.5, 0.6) is 5.75 Å². The van der Waals surface area contributed by atoms with Gasteiger partial charge in [-0.25, -0.2) is 13.2 Å². The molecule has 1 aromatic rings. The highest BCUT2D eigenvalue weighted by atomic mass is 35.7. The molecule has 0 aromatic heterocycles. The number of hydrogen-bond donors (Lipinski definition) is 1. The molecule has 1 N–H and O–H groups in total. The molecule has 2 rings (SSSR count). The SMILES string of the molecule is COC1CN(C(=O)O)CC1Oc1cccc(CS(=O)(=O)Cl)c1. The lowest BCUT2D eigenvalue weighted by Gasteiger charge is -2.18. The first-order valence-corrected chi connectivity index (χ1v) is 8.95. The van der Waals surface area contributed by atoms with Crippen LogP contribution < -0.4 is 4.74 Å². The Morgan fingerprint density at radius 2 is 2.09 bits per heavy atom. The maximum atomic E-state index is 11.1. The number of ether oxygens (including phenoxy) is 2. The Hall–Kier alpha value is -1.51. The van der Waals surface area contributed by atoms with Gasteiger partial charge in [0, 0.05) is 17.8 Å². The first kappa shape index (κ1) is 16.9. The summed E-state index contributed by atoms with van der Waals surface area (Å²) in [5.74, 6) is 0.142. The second kappa shape index (κ2) is 6.72. The summed E-state index contributed by atoms with van der Waals surface area (Å²) in [6.07, 6.45) is -1.87. The Bertz CT molecular complexity index is 650. The molecule has 2 atom stereocenters. The summed E-state index contributed by atoms with van der Waals surface area (Å²) < 4.78 is 33.2. The fraction of sp³-hybridized carbons (Fsp3) is 0.462. The van der Waals surface area contributed by atoms with Crippen LogP contribution >= 0.6 is 10.7 Å². The van der Waals surface area contributed by atoms with E-state index < -0.39 is 21.2 Å². The van der Waals surface area contributed by atoms with Gasteiger partial charge < -0.3 is 19.5 Å². The predicted octanol–water partition coefficient (Wildman–Crippen LogP) is 1.51. The number of benzene rings is 1. The molecule has 1 saturated heterocycles. The third kappa shape index (κ3) is 4.49. The number of amides is 1. The van der Waals surface area contributed by atoms with E-state index in [-0.39, 0.29) is 24.9 Å². The van der Waals surface area contributed by atoms with Crippen LogP contribution in [0.15, 0.2) is 24.3 Å². The van der Waals surface area contributed by atoms with Crippen LogP contribution in [-0.2, 0) is 19.5 Å². The van der Waals surface area contributed by atoms with Gasteiger partial charge in [-0.1, -0.05) is 12.1 Å². The van der Waals surface area contributed by atoms with Gasteiger partial charge in [0.15, 0.2) is 0 Å². The van der Waals surface area contributed by atoms with Gasteiger partial charge >= 0.3 is 6.09 Å². The monoisotopic (exact) mass is 349 g/mol. The first-order chi connectivity index (χ1) is 10.3. The molecule has 0 aliphatic carbocycles. The number of rotatable bonds is 5. The average molecular weight is 350 g/mol. The quantitative estimate of drug-likeness (QED) is 0.810. The third-order valence-electron chi connectivity index (χ3n) is 3.31. The fourth-order valence-corrected chi connectivity index (χ4v) is 3.28. The van der Waals surface area contributed by atoms with E-state index in [1.807, 2.05) is 0 Å². The van der Waals surface area contributed by atoms with Crippen molar-refractivity contribution < 1.29 is 27.8 Å². The van der Waals surface area contributed by atoms with Crippen LogP contribution in [0, 0.1) is 0 Å². The summed E-state index contributed by atoms with van der Waals surface area (Å²) in [7, 11) is 3.07. The van der Waals surface area contributed by atoms with Crippen LogP contribution in [-0.4, -0.2) is 56.9 Å². The number of methoxy groups -OCH3 is 1. The molecule has 1 heterocycles. The Labute approximate surface area is 132 Å². The van der Waals surface area contributed by atoms with E-state index in [0.717, 1.165) is 0 Å². The lowest BCUT2D eigenvalue weighted by atomic mass is 10.2. The van der Waals surface area contributed by atoms with E-state index in [0.29, 0.717) is 11.3 Å². The highest BCUT2D eigenvalue weighted by Gasteiger charge is 2.37. The highest BCUT2D eigenvalue weighted by Crippen LogP contribution is 2.22. The lowest BCUT2D eigenvalue weighted by Crippen LogP contribution is -2.31. The van der Waals surface area contributed by atoms with Crippen LogP contribution in [0.25, 0.3) is 0 Å². The molecular formula is C13H16ClNO6S. The predicted molar refractivity (Wildman–Crippen MR) is 79.7 cm³/mol. The Morgan fingerprint density at radius 3 is 2.68 bits per heavy atom. The van der Waals surface area contributed by atoms with E-state index >= 15 is 0 Å². The molecule has 7 nitrogen and oxygen atoms in total. The minimum Gasteiger partial charge on any atom is -0.486 e. The molecule has 1 aromatic carbocycles. The van der Waals surface area contributed by atoms with Gasteiger partial charge in [-0.05, 0) is 17.7 Å². The van der Waals surface area contributed by atoms with E-state index in [1.54, 1.807) is 24.3 Å². The second-order valence-electron chi connectivity index (χ2n) is 4.95. The van der Waals surface area contributed by atoms with Gasteiger partial charge in [-0.2, -0.15) is 0 Å². The third-order valence-corrected chi connectivity index (χ3v) is 4.32. The number of halogens is 1. The summed E-state index contributed by atoms with van der Waals surface area (Å²) >= 11 is 0. The normalized spacial score (nSPS) is 21.8. The zero-order chi connectivity index (χ0) is 16.3. The summed E-state index contributed by atoms with van der Waals surface area (Å²) in [4.78, 5) is 12.2. The van der Waals surface area contributed by atoms with Gasteiger partial charge in [0.05, 0.1) is 18.8 Å². The summed E-state index contributed by atoms with van der Waals surface area (Å²) in [5.41, 5.74) is 0.495. The molecule has 0 bridgehead atoms. The maximum Gasteiger partial charge on any atom is 0.407 e. The lowest BCUT2D eigenvalue weighted by molar-refractivity contribution is 0.0341. The largest absolute Gasteiger partial charge is 0.486 e. The van der Waals surface area contributed by atoms with E-state index in [4.69, 9.17) is 25.3 Å². The van der Waals surface area contributed by atoms with Crippen molar-refractivity contribution in [1.82, 2.24) is 4.90 Å². The van der Waals surface area contributed by atoms with Gasteiger partial charge in [-0.3, -0.25) is 0 Å². The van der Waals surface area contributed by atoms with Gasteiger partial charge in [0.25, 0.3) is 0 Å². The molecule has 0 radical (unpaired) electrons. The summed E-state index contributed by atoms with van der Waals surface area (Å²) in [6, 6.07) is 6.51.